The molecule has 1 amide bonds. The second kappa shape index (κ2) is 6.46. The zero-order valence-electron chi connectivity index (χ0n) is 15.9. The number of nitrogens with one attached hydrogen (secondary N) is 1. The van der Waals surface area contributed by atoms with Crippen molar-refractivity contribution in [3.63, 3.8) is 0 Å². The first-order valence-corrected chi connectivity index (χ1v) is 10.0. The van der Waals surface area contributed by atoms with Crippen LogP contribution in [0.1, 0.15) is 43.7 Å². The predicted octanol–water partition coefficient (Wildman–Crippen LogP) is 2.81. The largest absolute Gasteiger partial charge is 0.293 e. The Labute approximate surface area is 166 Å². The SMILES string of the molecule is N#CCN1CC2(CCC(c3cccc4nc(NC(=O)C5CC5(F)F)nn34)CC2)C1. The first kappa shape index (κ1) is 18.4. The van der Waals surface area contributed by atoms with Crippen molar-refractivity contribution in [1.82, 2.24) is 19.5 Å². The van der Waals surface area contributed by atoms with E-state index < -0.39 is 24.2 Å². The number of alkyl halides is 2. The Morgan fingerprint density at radius 3 is 2.69 bits per heavy atom. The zero-order chi connectivity index (χ0) is 20.2. The number of rotatable bonds is 4. The van der Waals surface area contributed by atoms with Crippen LogP contribution < -0.4 is 5.32 Å². The van der Waals surface area contributed by atoms with Crippen LogP contribution in [0.25, 0.3) is 5.65 Å². The molecule has 3 heterocycles. The summed E-state index contributed by atoms with van der Waals surface area (Å²) in [5.74, 6) is -4.49. The lowest BCUT2D eigenvalue weighted by atomic mass is 9.65. The molecule has 5 rings (SSSR count). The normalized spacial score (nSPS) is 25.5. The summed E-state index contributed by atoms with van der Waals surface area (Å²) in [6.45, 7) is 2.51. The average molecular weight is 400 g/mol. The Bertz CT molecular complexity index is 996. The van der Waals surface area contributed by atoms with Crippen LogP contribution in [0.5, 0.6) is 0 Å². The fraction of sp³-hybridized carbons (Fsp3) is 0.600. The molecule has 7 nitrogen and oxygen atoms in total. The molecule has 29 heavy (non-hydrogen) atoms. The highest BCUT2D eigenvalue weighted by atomic mass is 19.3. The average Bonchev–Trinajstić information content (AvgIpc) is 3.12. The van der Waals surface area contributed by atoms with Gasteiger partial charge in [0.25, 0.3) is 5.92 Å². The van der Waals surface area contributed by atoms with Crippen LogP contribution in [-0.2, 0) is 4.79 Å². The highest BCUT2D eigenvalue weighted by Gasteiger charge is 2.61. The third kappa shape index (κ3) is 3.25. The molecule has 2 aliphatic carbocycles. The van der Waals surface area contributed by atoms with Gasteiger partial charge in [0.15, 0.2) is 5.65 Å². The predicted molar refractivity (Wildman–Crippen MR) is 100 cm³/mol. The molecule has 3 aliphatic rings. The van der Waals surface area contributed by atoms with E-state index in [0.29, 0.717) is 23.5 Å². The lowest BCUT2D eigenvalue weighted by Crippen LogP contribution is -2.57. The number of nitriles is 1. The van der Waals surface area contributed by atoms with Crippen LogP contribution in [0.4, 0.5) is 14.7 Å². The summed E-state index contributed by atoms with van der Waals surface area (Å²) in [6.07, 6.45) is 3.90. The van der Waals surface area contributed by atoms with E-state index in [9.17, 15) is 13.6 Å². The lowest BCUT2D eigenvalue weighted by Gasteiger charge is -2.53. The smallest absolute Gasteiger partial charge is 0.260 e. The number of halogens is 2. The Balaban J connectivity index is 1.28. The third-order valence-electron chi connectivity index (χ3n) is 6.64. The number of hydrogen-bond donors (Lipinski definition) is 1. The number of fused-ring (bicyclic) bond motifs is 1. The first-order chi connectivity index (χ1) is 13.9. The molecule has 1 aliphatic heterocycles. The van der Waals surface area contributed by atoms with Gasteiger partial charge in [0.1, 0.15) is 5.92 Å². The number of aromatic nitrogens is 3. The molecular formula is C20H22F2N6O. The standard InChI is InChI=1S/C20H22F2N6O/c21-20(22)10-14(20)17(29)25-18-24-16-3-1-2-15(28(16)26-18)13-4-6-19(7-5-13)11-27(12-19)9-8-23/h1-3,13-14H,4-7,9-12H2,(H,25,26,29). The molecule has 1 N–H and O–H groups in total. The summed E-state index contributed by atoms with van der Waals surface area (Å²) >= 11 is 0. The van der Waals surface area contributed by atoms with Gasteiger partial charge in [-0.2, -0.15) is 10.2 Å². The van der Waals surface area contributed by atoms with E-state index in [1.807, 2.05) is 12.1 Å². The van der Waals surface area contributed by atoms with Crippen LogP contribution >= 0.6 is 0 Å². The second-order valence-corrected chi connectivity index (χ2v) is 8.74. The highest BCUT2D eigenvalue weighted by Crippen LogP contribution is 2.49. The molecule has 1 atom stereocenters. The number of carbonyl (C=O) groups is 1. The Morgan fingerprint density at radius 1 is 1.31 bits per heavy atom. The van der Waals surface area contributed by atoms with Crippen molar-refractivity contribution in [1.29, 1.82) is 5.26 Å². The maximum atomic E-state index is 13.1. The van der Waals surface area contributed by atoms with Crippen LogP contribution in [0.3, 0.4) is 0 Å². The number of pyridine rings is 1. The maximum absolute atomic E-state index is 13.1. The van der Waals surface area contributed by atoms with Crippen LogP contribution in [0.15, 0.2) is 18.2 Å². The van der Waals surface area contributed by atoms with Gasteiger partial charge >= 0.3 is 0 Å². The quantitative estimate of drug-likeness (QED) is 0.798. The van der Waals surface area contributed by atoms with Gasteiger partial charge in [-0.15, -0.1) is 5.10 Å². The summed E-state index contributed by atoms with van der Waals surface area (Å²) in [5, 5.41) is 15.6. The molecule has 2 saturated carbocycles. The van der Waals surface area contributed by atoms with Gasteiger partial charge in [0, 0.05) is 31.1 Å². The van der Waals surface area contributed by atoms with Crippen LogP contribution in [0, 0.1) is 22.7 Å². The van der Waals surface area contributed by atoms with Gasteiger partial charge in [-0.25, -0.2) is 13.3 Å². The van der Waals surface area contributed by atoms with Crippen molar-refractivity contribution in [2.24, 2.45) is 11.3 Å². The van der Waals surface area contributed by atoms with E-state index in [2.05, 4.69) is 26.4 Å². The summed E-state index contributed by atoms with van der Waals surface area (Å²) in [4.78, 5) is 18.4. The molecule has 1 spiro atoms. The van der Waals surface area contributed by atoms with E-state index in [1.54, 1.807) is 10.6 Å². The second-order valence-electron chi connectivity index (χ2n) is 8.74. The Kier molecular flexibility index (Phi) is 4.10. The number of anilines is 1. The van der Waals surface area contributed by atoms with E-state index in [1.165, 1.54) is 0 Å². The summed E-state index contributed by atoms with van der Waals surface area (Å²) < 4.78 is 27.9. The van der Waals surface area contributed by atoms with Gasteiger partial charge in [-0.1, -0.05) is 6.07 Å². The fourth-order valence-corrected chi connectivity index (χ4v) is 4.94. The number of amides is 1. The van der Waals surface area contributed by atoms with Crippen LogP contribution in [0.2, 0.25) is 0 Å². The molecular weight excluding hydrogens is 378 g/mol. The monoisotopic (exact) mass is 400 g/mol. The zero-order valence-corrected chi connectivity index (χ0v) is 15.9. The maximum Gasteiger partial charge on any atom is 0.260 e. The molecule has 0 bridgehead atoms. The van der Waals surface area contributed by atoms with Crippen molar-refractivity contribution in [3.8, 4) is 6.07 Å². The van der Waals surface area contributed by atoms with Gasteiger partial charge in [-0.05, 0) is 43.2 Å². The minimum atomic E-state index is -2.91. The molecule has 2 aromatic rings. The van der Waals surface area contributed by atoms with E-state index in [4.69, 9.17) is 5.26 Å². The minimum absolute atomic E-state index is 0.0727. The fourth-order valence-electron chi connectivity index (χ4n) is 4.94. The van der Waals surface area contributed by atoms with Gasteiger partial charge in [0.05, 0.1) is 12.6 Å². The van der Waals surface area contributed by atoms with Gasteiger partial charge in [0.2, 0.25) is 11.9 Å². The topological polar surface area (TPSA) is 86.3 Å². The summed E-state index contributed by atoms with van der Waals surface area (Å²) in [5.41, 5.74) is 1.98. The molecule has 9 heteroatoms. The number of likely N-dealkylation sites (tertiary alicyclic amines) is 1. The molecule has 1 saturated heterocycles. The van der Waals surface area contributed by atoms with Crippen LogP contribution in [-0.4, -0.2) is 51.0 Å². The molecule has 1 unspecified atom stereocenters. The molecule has 2 aromatic heterocycles. The number of carbonyl (C=O) groups excluding carboxylic acids is 1. The molecule has 0 aromatic carbocycles. The van der Waals surface area contributed by atoms with E-state index >= 15 is 0 Å². The summed E-state index contributed by atoms with van der Waals surface area (Å²) in [6, 6.07) is 7.95. The van der Waals surface area contributed by atoms with Gasteiger partial charge in [-0.3, -0.25) is 15.0 Å². The highest BCUT2D eigenvalue weighted by molar-refractivity contribution is 5.94. The van der Waals surface area contributed by atoms with Crippen molar-refractivity contribution in [3.05, 3.63) is 23.9 Å². The van der Waals surface area contributed by atoms with Gasteiger partial charge < -0.3 is 0 Å². The Hall–Kier alpha value is -2.60. The van der Waals surface area contributed by atoms with E-state index in [-0.39, 0.29) is 5.95 Å². The molecule has 152 valence electrons. The number of hydrogen-bond acceptors (Lipinski definition) is 5. The molecule has 0 radical (unpaired) electrons. The van der Waals surface area contributed by atoms with Crippen molar-refractivity contribution in [2.45, 2.75) is 43.9 Å². The lowest BCUT2D eigenvalue weighted by molar-refractivity contribution is -0.119. The summed E-state index contributed by atoms with van der Waals surface area (Å²) in [7, 11) is 0. The first-order valence-electron chi connectivity index (χ1n) is 10.0. The third-order valence-corrected chi connectivity index (χ3v) is 6.64. The number of nitrogens with zero attached hydrogens (tertiary/aromatic N) is 5. The van der Waals surface area contributed by atoms with Crippen molar-refractivity contribution >= 4 is 17.5 Å². The van der Waals surface area contributed by atoms with E-state index in [0.717, 1.165) is 44.5 Å². The Morgan fingerprint density at radius 2 is 2.03 bits per heavy atom. The minimum Gasteiger partial charge on any atom is -0.293 e. The van der Waals surface area contributed by atoms with Crippen molar-refractivity contribution in [2.75, 3.05) is 25.0 Å². The molecule has 3 fully saturated rings. The van der Waals surface area contributed by atoms with Crippen molar-refractivity contribution < 1.29 is 13.6 Å².